The maximum absolute atomic E-state index is 15.8. The molecule has 152 valence electrons. The van der Waals surface area contributed by atoms with Crippen molar-refractivity contribution < 1.29 is 27.8 Å². The second-order valence-corrected chi connectivity index (χ2v) is 8.72. The zero-order valence-corrected chi connectivity index (χ0v) is 15.3. The van der Waals surface area contributed by atoms with Crippen molar-refractivity contribution in [2.24, 2.45) is 10.8 Å². The number of hydrogen-bond donors (Lipinski definition) is 2. The van der Waals surface area contributed by atoms with Crippen LogP contribution in [0.4, 0.5) is 17.6 Å². The SMILES string of the molecule is CC(C)(O)C12CC(C(F)(F)C(O)(Cn3cnnn3)c3ccc(F)cc3F)(C1)C2. The Morgan fingerprint density at radius 2 is 1.75 bits per heavy atom. The average Bonchev–Trinajstić information content (AvgIpc) is 2.94. The van der Waals surface area contributed by atoms with Gasteiger partial charge in [-0.15, -0.1) is 5.10 Å². The molecule has 3 aliphatic rings. The summed E-state index contributed by atoms with van der Waals surface area (Å²) in [5, 5.41) is 31.7. The summed E-state index contributed by atoms with van der Waals surface area (Å²) in [4.78, 5) is 0. The van der Waals surface area contributed by atoms with E-state index in [1.807, 2.05) is 0 Å². The van der Waals surface area contributed by atoms with E-state index in [-0.39, 0.29) is 19.3 Å². The van der Waals surface area contributed by atoms with E-state index >= 15 is 8.78 Å². The van der Waals surface area contributed by atoms with Crippen molar-refractivity contribution in [2.75, 3.05) is 0 Å². The Balaban J connectivity index is 1.76. The second-order valence-electron chi connectivity index (χ2n) is 8.72. The van der Waals surface area contributed by atoms with Crippen molar-refractivity contribution in [2.45, 2.75) is 56.8 Å². The second kappa shape index (κ2) is 5.50. The lowest BCUT2D eigenvalue weighted by molar-refractivity contribution is -0.398. The number of alkyl halides is 2. The van der Waals surface area contributed by atoms with Gasteiger partial charge in [-0.05, 0) is 55.7 Å². The largest absolute Gasteiger partial charge is 0.390 e. The normalized spacial score (nSPS) is 29.0. The molecule has 2 N–H and O–H groups in total. The van der Waals surface area contributed by atoms with E-state index in [1.165, 1.54) is 0 Å². The van der Waals surface area contributed by atoms with Gasteiger partial charge in [0.15, 0.2) is 5.60 Å². The number of rotatable bonds is 6. The molecular weight excluding hydrogens is 380 g/mol. The quantitative estimate of drug-likeness (QED) is 0.728. The first-order chi connectivity index (χ1) is 12.9. The summed E-state index contributed by atoms with van der Waals surface area (Å²) in [7, 11) is 0. The third kappa shape index (κ3) is 2.30. The van der Waals surface area contributed by atoms with E-state index in [1.54, 1.807) is 13.8 Å². The van der Waals surface area contributed by atoms with Gasteiger partial charge in [-0.3, -0.25) is 0 Å². The molecule has 3 aliphatic carbocycles. The fourth-order valence-electron chi connectivity index (χ4n) is 4.87. The fourth-order valence-corrected chi connectivity index (χ4v) is 4.87. The van der Waals surface area contributed by atoms with Gasteiger partial charge < -0.3 is 10.2 Å². The van der Waals surface area contributed by atoms with E-state index < -0.39 is 51.7 Å². The highest BCUT2D eigenvalue weighted by Crippen LogP contribution is 2.82. The van der Waals surface area contributed by atoms with Crippen LogP contribution in [0.25, 0.3) is 0 Å². The Hall–Kier alpha value is -2.07. The Kier molecular flexibility index (Phi) is 3.78. The zero-order chi connectivity index (χ0) is 20.6. The maximum Gasteiger partial charge on any atom is 0.287 e. The molecule has 5 rings (SSSR count). The first-order valence-corrected chi connectivity index (χ1v) is 8.85. The highest BCUT2D eigenvalue weighted by Gasteiger charge is 2.84. The van der Waals surface area contributed by atoms with E-state index in [0.29, 0.717) is 6.07 Å². The predicted octanol–water partition coefficient (Wildman–Crippen LogP) is 2.42. The van der Waals surface area contributed by atoms with Crippen molar-refractivity contribution >= 4 is 0 Å². The molecule has 0 aliphatic heterocycles. The van der Waals surface area contributed by atoms with Crippen molar-refractivity contribution in [1.82, 2.24) is 20.2 Å². The maximum atomic E-state index is 15.8. The van der Waals surface area contributed by atoms with Gasteiger partial charge >= 0.3 is 0 Å². The van der Waals surface area contributed by atoms with Crippen LogP contribution in [0.2, 0.25) is 0 Å². The highest BCUT2D eigenvalue weighted by molar-refractivity contribution is 5.35. The van der Waals surface area contributed by atoms with Crippen molar-refractivity contribution in [3.8, 4) is 0 Å². The van der Waals surface area contributed by atoms with Gasteiger partial charge in [0.25, 0.3) is 5.92 Å². The molecule has 3 fully saturated rings. The van der Waals surface area contributed by atoms with Gasteiger partial charge in [0, 0.05) is 22.5 Å². The van der Waals surface area contributed by atoms with Gasteiger partial charge in [0.05, 0.1) is 12.1 Å². The van der Waals surface area contributed by atoms with E-state index in [2.05, 4.69) is 15.5 Å². The molecule has 0 saturated heterocycles. The molecule has 6 nitrogen and oxygen atoms in total. The van der Waals surface area contributed by atoms with Crippen LogP contribution in [-0.2, 0) is 12.1 Å². The summed E-state index contributed by atoms with van der Waals surface area (Å²) in [6, 6.07) is 2.09. The Morgan fingerprint density at radius 1 is 1.11 bits per heavy atom. The number of benzene rings is 1. The summed E-state index contributed by atoms with van der Waals surface area (Å²) in [6.07, 6.45) is 1.02. The van der Waals surface area contributed by atoms with Gasteiger partial charge in [-0.1, -0.05) is 0 Å². The summed E-state index contributed by atoms with van der Waals surface area (Å²) in [5.74, 6) is -6.00. The van der Waals surface area contributed by atoms with Crippen LogP contribution in [0.3, 0.4) is 0 Å². The Morgan fingerprint density at radius 3 is 2.25 bits per heavy atom. The van der Waals surface area contributed by atoms with Crippen LogP contribution in [0.15, 0.2) is 24.5 Å². The zero-order valence-electron chi connectivity index (χ0n) is 15.3. The summed E-state index contributed by atoms with van der Waals surface area (Å²) in [5.41, 5.74) is -7.10. The number of halogens is 4. The molecule has 1 aromatic heterocycles. The predicted molar refractivity (Wildman–Crippen MR) is 88.0 cm³/mol. The Bertz CT molecular complexity index is 893. The number of nitrogens with zero attached hydrogens (tertiary/aromatic N) is 4. The number of tetrazole rings is 1. The summed E-state index contributed by atoms with van der Waals surface area (Å²) >= 11 is 0. The molecule has 0 amide bonds. The minimum absolute atomic E-state index is 0.00275. The van der Waals surface area contributed by atoms with Gasteiger partial charge in [0.1, 0.15) is 18.0 Å². The molecule has 2 bridgehead atoms. The van der Waals surface area contributed by atoms with E-state index in [0.717, 1.165) is 23.1 Å². The van der Waals surface area contributed by atoms with Crippen LogP contribution in [0.1, 0.15) is 38.7 Å². The third-order valence-electron chi connectivity index (χ3n) is 6.67. The molecule has 3 saturated carbocycles. The van der Waals surface area contributed by atoms with Gasteiger partial charge in [-0.25, -0.2) is 22.2 Å². The van der Waals surface area contributed by atoms with E-state index in [4.69, 9.17) is 0 Å². The lowest BCUT2D eigenvalue weighted by Crippen LogP contribution is -2.78. The molecule has 0 radical (unpaired) electrons. The molecular formula is C18H20F4N4O2. The van der Waals surface area contributed by atoms with Crippen molar-refractivity contribution in [3.63, 3.8) is 0 Å². The topological polar surface area (TPSA) is 84.1 Å². The summed E-state index contributed by atoms with van der Waals surface area (Å²) < 4.78 is 60.2. The van der Waals surface area contributed by atoms with Crippen LogP contribution >= 0.6 is 0 Å². The van der Waals surface area contributed by atoms with Crippen LogP contribution < -0.4 is 0 Å². The van der Waals surface area contributed by atoms with Crippen LogP contribution in [0, 0.1) is 22.5 Å². The molecule has 1 unspecified atom stereocenters. The molecule has 1 aromatic carbocycles. The third-order valence-corrected chi connectivity index (χ3v) is 6.67. The Labute approximate surface area is 158 Å². The van der Waals surface area contributed by atoms with Crippen molar-refractivity contribution in [3.05, 3.63) is 41.7 Å². The minimum Gasteiger partial charge on any atom is -0.390 e. The molecule has 1 atom stereocenters. The van der Waals surface area contributed by atoms with Crippen LogP contribution in [0.5, 0.6) is 0 Å². The molecule has 2 aromatic rings. The minimum atomic E-state index is -3.78. The lowest BCUT2D eigenvalue weighted by atomic mass is 9.28. The summed E-state index contributed by atoms with van der Waals surface area (Å²) in [6.45, 7) is 2.33. The smallest absolute Gasteiger partial charge is 0.287 e. The molecule has 28 heavy (non-hydrogen) atoms. The molecule has 0 spiro atoms. The average molecular weight is 400 g/mol. The molecule has 1 heterocycles. The van der Waals surface area contributed by atoms with Gasteiger partial charge in [0.2, 0.25) is 0 Å². The number of aliphatic hydroxyl groups is 2. The highest BCUT2D eigenvalue weighted by atomic mass is 19.3. The first kappa shape index (κ1) is 19.3. The standard InChI is InChI=1S/C18H20F4N4O2/c1-14(2,27)15-6-16(7-15,8-15)18(21,22)17(28,9-26-10-23-24-25-26)12-4-3-11(19)5-13(12)20/h3-5,10,27-28H,6-9H2,1-2H3. The first-order valence-electron chi connectivity index (χ1n) is 8.85. The number of aromatic nitrogens is 4. The molecule has 10 heteroatoms. The fraction of sp³-hybridized carbons (Fsp3) is 0.611. The lowest BCUT2D eigenvalue weighted by Gasteiger charge is -2.77. The monoisotopic (exact) mass is 400 g/mol. The van der Waals surface area contributed by atoms with Crippen molar-refractivity contribution in [1.29, 1.82) is 0 Å². The number of hydrogen-bond acceptors (Lipinski definition) is 5. The van der Waals surface area contributed by atoms with E-state index in [9.17, 15) is 19.0 Å². The van der Waals surface area contributed by atoms with Gasteiger partial charge in [-0.2, -0.15) is 0 Å². The van der Waals surface area contributed by atoms with Crippen LogP contribution in [-0.4, -0.2) is 41.9 Å².